The van der Waals surface area contributed by atoms with Crippen LogP contribution in [0.5, 0.6) is 0 Å². The third kappa shape index (κ3) is 4.03. The Bertz CT molecular complexity index is 514. The molecule has 1 saturated heterocycles. The van der Waals surface area contributed by atoms with Crippen molar-refractivity contribution < 1.29 is 14.0 Å². The van der Waals surface area contributed by atoms with Gasteiger partial charge in [-0.3, -0.25) is 9.59 Å². The van der Waals surface area contributed by atoms with Crippen molar-refractivity contribution in [1.29, 1.82) is 0 Å². The topological polar surface area (TPSA) is 49.4 Å². The fourth-order valence-electron chi connectivity index (χ4n) is 2.41. The number of nitrogens with zero attached hydrogens (tertiary/aromatic N) is 1. The summed E-state index contributed by atoms with van der Waals surface area (Å²) < 4.78 is 12.9. The van der Waals surface area contributed by atoms with E-state index in [1.165, 1.54) is 12.1 Å². The fourth-order valence-corrected chi connectivity index (χ4v) is 2.41. The van der Waals surface area contributed by atoms with E-state index in [2.05, 4.69) is 5.32 Å². The molecule has 1 aromatic rings. The minimum atomic E-state index is -0.415. The van der Waals surface area contributed by atoms with Gasteiger partial charge in [-0.05, 0) is 30.0 Å². The standard InChI is InChI=1S/C16H21FN2O2/c1-11(2)9-18-16(21)14-7-8-15(20)19(14)10-12-3-5-13(17)6-4-12/h3-6,11,14H,7-10H2,1-2H3,(H,18,21). The number of amides is 2. The van der Waals surface area contributed by atoms with Gasteiger partial charge in [0.05, 0.1) is 0 Å². The van der Waals surface area contributed by atoms with Crippen LogP contribution in [0.25, 0.3) is 0 Å². The number of halogens is 1. The molecular formula is C16H21FN2O2. The number of carbonyl (C=O) groups excluding carboxylic acids is 2. The molecule has 1 heterocycles. The molecule has 0 spiro atoms. The lowest BCUT2D eigenvalue weighted by Gasteiger charge is -2.24. The highest BCUT2D eigenvalue weighted by molar-refractivity contribution is 5.90. The van der Waals surface area contributed by atoms with Gasteiger partial charge in [-0.1, -0.05) is 26.0 Å². The summed E-state index contributed by atoms with van der Waals surface area (Å²) in [6.07, 6.45) is 0.935. The van der Waals surface area contributed by atoms with Crippen molar-refractivity contribution in [3.05, 3.63) is 35.6 Å². The smallest absolute Gasteiger partial charge is 0.242 e. The van der Waals surface area contributed by atoms with Crippen molar-refractivity contribution >= 4 is 11.8 Å². The lowest BCUT2D eigenvalue weighted by molar-refractivity contribution is -0.135. The molecule has 0 bridgehead atoms. The van der Waals surface area contributed by atoms with Crippen LogP contribution in [0, 0.1) is 11.7 Å². The van der Waals surface area contributed by atoms with Gasteiger partial charge in [-0.25, -0.2) is 4.39 Å². The fraction of sp³-hybridized carbons (Fsp3) is 0.500. The zero-order valence-corrected chi connectivity index (χ0v) is 12.4. The van der Waals surface area contributed by atoms with Gasteiger partial charge in [-0.2, -0.15) is 0 Å². The summed E-state index contributed by atoms with van der Waals surface area (Å²) in [5.41, 5.74) is 0.827. The summed E-state index contributed by atoms with van der Waals surface area (Å²) in [5.74, 6) is -0.0602. The molecule has 4 nitrogen and oxygen atoms in total. The molecule has 1 fully saturated rings. The predicted molar refractivity (Wildman–Crippen MR) is 77.8 cm³/mol. The third-order valence-electron chi connectivity index (χ3n) is 3.58. The maximum Gasteiger partial charge on any atom is 0.242 e. The molecule has 1 aromatic carbocycles. The molecule has 1 atom stereocenters. The number of likely N-dealkylation sites (tertiary alicyclic amines) is 1. The molecule has 114 valence electrons. The number of rotatable bonds is 5. The molecule has 0 saturated carbocycles. The summed E-state index contributed by atoms with van der Waals surface area (Å²) in [6.45, 7) is 5.00. The Morgan fingerprint density at radius 2 is 2.05 bits per heavy atom. The number of hydrogen-bond acceptors (Lipinski definition) is 2. The van der Waals surface area contributed by atoms with E-state index >= 15 is 0 Å². The maximum absolute atomic E-state index is 12.9. The van der Waals surface area contributed by atoms with Crippen LogP contribution in [0.4, 0.5) is 4.39 Å². The molecule has 5 heteroatoms. The Hall–Kier alpha value is -1.91. The van der Waals surface area contributed by atoms with Crippen LogP contribution < -0.4 is 5.32 Å². The van der Waals surface area contributed by atoms with Gasteiger partial charge in [-0.15, -0.1) is 0 Å². The summed E-state index contributed by atoms with van der Waals surface area (Å²) in [7, 11) is 0. The van der Waals surface area contributed by atoms with E-state index in [9.17, 15) is 14.0 Å². The average molecular weight is 292 g/mol. The molecule has 1 aliphatic rings. The van der Waals surface area contributed by atoms with Crippen LogP contribution in [0.3, 0.4) is 0 Å². The normalized spacial score (nSPS) is 18.4. The van der Waals surface area contributed by atoms with Gasteiger partial charge >= 0.3 is 0 Å². The highest BCUT2D eigenvalue weighted by Gasteiger charge is 2.35. The maximum atomic E-state index is 12.9. The predicted octanol–water partition coefficient (Wildman–Crippen LogP) is 2.09. The molecule has 1 aliphatic heterocycles. The molecule has 0 radical (unpaired) electrons. The van der Waals surface area contributed by atoms with Gasteiger partial charge in [0.1, 0.15) is 11.9 Å². The molecule has 21 heavy (non-hydrogen) atoms. The zero-order chi connectivity index (χ0) is 15.4. The lowest BCUT2D eigenvalue weighted by atomic mass is 10.1. The van der Waals surface area contributed by atoms with Crippen molar-refractivity contribution in [3.63, 3.8) is 0 Å². The van der Waals surface area contributed by atoms with Crippen molar-refractivity contribution in [2.24, 2.45) is 5.92 Å². The van der Waals surface area contributed by atoms with Crippen LogP contribution in [0.2, 0.25) is 0 Å². The molecular weight excluding hydrogens is 271 g/mol. The first-order chi connectivity index (χ1) is 9.97. The molecule has 1 unspecified atom stereocenters. The highest BCUT2D eigenvalue weighted by atomic mass is 19.1. The largest absolute Gasteiger partial charge is 0.354 e. The molecule has 2 rings (SSSR count). The first-order valence-electron chi connectivity index (χ1n) is 7.29. The van der Waals surface area contributed by atoms with Crippen LogP contribution in [-0.2, 0) is 16.1 Å². The Morgan fingerprint density at radius 3 is 2.67 bits per heavy atom. The Kier molecular flexibility index (Phi) is 4.94. The second-order valence-corrected chi connectivity index (χ2v) is 5.84. The van der Waals surface area contributed by atoms with E-state index in [0.717, 1.165) is 5.56 Å². The number of carbonyl (C=O) groups is 2. The van der Waals surface area contributed by atoms with E-state index in [-0.39, 0.29) is 17.6 Å². The summed E-state index contributed by atoms with van der Waals surface area (Å²) >= 11 is 0. The zero-order valence-electron chi connectivity index (χ0n) is 12.4. The van der Waals surface area contributed by atoms with E-state index in [1.54, 1.807) is 17.0 Å². The number of hydrogen-bond donors (Lipinski definition) is 1. The number of benzene rings is 1. The monoisotopic (exact) mass is 292 g/mol. The van der Waals surface area contributed by atoms with E-state index < -0.39 is 6.04 Å². The summed E-state index contributed by atoms with van der Waals surface area (Å²) in [5, 5.41) is 2.88. The minimum absolute atomic E-state index is 0.0241. The van der Waals surface area contributed by atoms with Crippen LogP contribution >= 0.6 is 0 Å². The van der Waals surface area contributed by atoms with Gasteiger partial charge in [0, 0.05) is 19.5 Å². The van der Waals surface area contributed by atoms with Crippen LogP contribution in [0.15, 0.2) is 24.3 Å². The summed E-state index contributed by atoms with van der Waals surface area (Å²) in [4.78, 5) is 25.7. The summed E-state index contributed by atoms with van der Waals surface area (Å²) in [6, 6.07) is 5.60. The number of nitrogens with one attached hydrogen (secondary N) is 1. The Morgan fingerprint density at radius 1 is 1.38 bits per heavy atom. The SMILES string of the molecule is CC(C)CNC(=O)C1CCC(=O)N1Cc1ccc(F)cc1. The molecule has 0 aliphatic carbocycles. The van der Waals surface area contributed by atoms with Gasteiger partial charge in [0.2, 0.25) is 11.8 Å². The molecule has 2 amide bonds. The van der Waals surface area contributed by atoms with Crippen molar-refractivity contribution in [2.75, 3.05) is 6.54 Å². The van der Waals surface area contributed by atoms with Crippen molar-refractivity contribution in [2.45, 2.75) is 39.3 Å². The first-order valence-corrected chi connectivity index (χ1v) is 7.29. The van der Waals surface area contributed by atoms with Crippen LogP contribution in [0.1, 0.15) is 32.3 Å². The van der Waals surface area contributed by atoms with Gasteiger partial charge < -0.3 is 10.2 Å². The van der Waals surface area contributed by atoms with E-state index in [4.69, 9.17) is 0 Å². The third-order valence-corrected chi connectivity index (χ3v) is 3.58. The van der Waals surface area contributed by atoms with Crippen LogP contribution in [-0.4, -0.2) is 29.3 Å². The second-order valence-electron chi connectivity index (χ2n) is 5.84. The minimum Gasteiger partial charge on any atom is -0.354 e. The van der Waals surface area contributed by atoms with E-state index in [1.807, 2.05) is 13.8 Å². The Balaban J connectivity index is 2.02. The molecule has 0 aromatic heterocycles. The highest BCUT2D eigenvalue weighted by Crippen LogP contribution is 2.22. The van der Waals surface area contributed by atoms with Crippen molar-refractivity contribution in [3.8, 4) is 0 Å². The average Bonchev–Trinajstić information content (AvgIpc) is 2.80. The first kappa shape index (κ1) is 15.5. The van der Waals surface area contributed by atoms with Crippen molar-refractivity contribution in [1.82, 2.24) is 10.2 Å². The quantitative estimate of drug-likeness (QED) is 0.903. The Labute approximate surface area is 124 Å². The van der Waals surface area contributed by atoms with Gasteiger partial charge in [0.15, 0.2) is 0 Å². The second kappa shape index (κ2) is 6.70. The molecule has 1 N–H and O–H groups in total. The van der Waals surface area contributed by atoms with E-state index in [0.29, 0.717) is 31.8 Å². The van der Waals surface area contributed by atoms with Gasteiger partial charge in [0.25, 0.3) is 0 Å². The lowest BCUT2D eigenvalue weighted by Crippen LogP contribution is -2.45.